The van der Waals surface area contributed by atoms with E-state index >= 15 is 0 Å². The number of aliphatic carboxylic acids is 1. The quantitative estimate of drug-likeness (QED) is 0.707. The zero-order valence-electron chi connectivity index (χ0n) is 11.9. The van der Waals surface area contributed by atoms with Crippen molar-refractivity contribution < 1.29 is 24.9 Å². The molecule has 116 valence electrons. The monoisotopic (exact) mass is 295 g/mol. The molecule has 1 fully saturated rings. The summed E-state index contributed by atoms with van der Waals surface area (Å²) < 4.78 is 5.15. The Morgan fingerprint density at radius 3 is 2.95 bits per heavy atom. The number of hydrogen-bond acceptors (Lipinski definition) is 5. The molecular formula is C15H21NO5. The van der Waals surface area contributed by atoms with Gasteiger partial charge >= 0.3 is 5.97 Å². The zero-order chi connectivity index (χ0) is 15.3. The summed E-state index contributed by atoms with van der Waals surface area (Å²) in [6.07, 6.45) is 1.45. The van der Waals surface area contributed by atoms with E-state index in [2.05, 4.69) is 4.90 Å². The van der Waals surface area contributed by atoms with Crippen LogP contribution in [0, 0.1) is 0 Å². The third-order valence-electron chi connectivity index (χ3n) is 3.60. The molecule has 1 aliphatic heterocycles. The maximum atomic E-state index is 10.5. The van der Waals surface area contributed by atoms with Gasteiger partial charge in [0.1, 0.15) is 11.4 Å². The standard InChI is InChI=1S/C15H21NO5/c17-11-15(20)5-2-6-16(10-15)8-12-3-1-4-13(7-12)21-9-14(18)19/h1,3-4,7,17,20H,2,5-6,8-11H2,(H,18,19)/t15-/m1/s1. The van der Waals surface area contributed by atoms with Crippen LogP contribution in [0.4, 0.5) is 0 Å². The maximum Gasteiger partial charge on any atom is 0.341 e. The Morgan fingerprint density at radius 2 is 2.24 bits per heavy atom. The summed E-state index contributed by atoms with van der Waals surface area (Å²) in [5.41, 5.74) is -0.0320. The van der Waals surface area contributed by atoms with Gasteiger partial charge in [0.25, 0.3) is 0 Å². The van der Waals surface area contributed by atoms with Crippen molar-refractivity contribution in [3.05, 3.63) is 29.8 Å². The Labute approximate surface area is 123 Å². The molecule has 0 aromatic heterocycles. The number of rotatable bonds is 6. The summed E-state index contributed by atoms with van der Waals surface area (Å²) in [5.74, 6) is -0.492. The van der Waals surface area contributed by atoms with Gasteiger partial charge in [-0.15, -0.1) is 0 Å². The van der Waals surface area contributed by atoms with Gasteiger partial charge in [-0.2, -0.15) is 0 Å². The summed E-state index contributed by atoms with van der Waals surface area (Å²) >= 11 is 0. The van der Waals surface area contributed by atoms with E-state index in [-0.39, 0.29) is 13.2 Å². The van der Waals surface area contributed by atoms with Gasteiger partial charge in [0.2, 0.25) is 0 Å². The first-order valence-corrected chi connectivity index (χ1v) is 7.00. The first kappa shape index (κ1) is 15.8. The van der Waals surface area contributed by atoms with Crippen LogP contribution in [0.5, 0.6) is 5.75 Å². The molecule has 1 aromatic carbocycles. The SMILES string of the molecule is O=C(O)COc1cccc(CN2CCC[C@](O)(CO)C2)c1. The molecular weight excluding hydrogens is 274 g/mol. The Morgan fingerprint density at radius 1 is 1.43 bits per heavy atom. The first-order chi connectivity index (χ1) is 10.0. The third-order valence-corrected chi connectivity index (χ3v) is 3.60. The summed E-state index contributed by atoms with van der Waals surface area (Å²) in [6.45, 7) is 1.33. The molecule has 1 atom stereocenters. The lowest BCUT2D eigenvalue weighted by molar-refractivity contribution is -0.139. The second-order valence-corrected chi connectivity index (χ2v) is 5.53. The van der Waals surface area contributed by atoms with Crippen LogP contribution in [0.15, 0.2) is 24.3 Å². The van der Waals surface area contributed by atoms with Crippen molar-refractivity contribution >= 4 is 5.97 Å². The minimum absolute atomic E-state index is 0.231. The van der Waals surface area contributed by atoms with Gasteiger partial charge in [-0.25, -0.2) is 4.79 Å². The average molecular weight is 295 g/mol. The van der Waals surface area contributed by atoms with Crippen molar-refractivity contribution in [2.24, 2.45) is 0 Å². The summed E-state index contributed by atoms with van der Waals surface area (Å²) in [6, 6.07) is 7.26. The van der Waals surface area contributed by atoms with Crippen LogP contribution in [-0.4, -0.2) is 58.1 Å². The van der Waals surface area contributed by atoms with E-state index in [1.165, 1.54) is 0 Å². The van der Waals surface area contributed by atoms with Gasteiger partial charge < -0.3 is 20.1 Å². The summed E-state index contributed by atoms with van der Waals surface area (Å²) in [5, 5.41) is 28.0. The number of aliphatic hydroxyl groups excluding tert-OH is 1. The van der Waals surface area contributed by atoms with E-state index in [9.17, 15) is 15.0 Å². The van der Waals surface area contributed by atoms with Crippen molar-refractivity contribution in [2.45, 2.75) is 25.0 Å². The predicted molar refractivity (Wildman–Crippen MR) is 76.1 cm³/mol. The highest BCUT2D eigenvalue weighted by Crippen LogP contribution is 2.23. The Kier molecular flexibility index (Phi) is 5.17. The smallest absolute Gasteiger partial charge is 0.341 e. The molecule has 2 rings (SSSR count). The number of likely N-dealkylation sites (tertiary alicyclic amines) is 1. The molecule has 0 radical (unpaired) electrons. The molecule has 0 amide bonds. The van der Waals surface area contributed by atoms with Crippen molar-refractivity contribution in [2.75, 3.05) is 26.3 Å². The Balaban J connectivity index is 1.96. The molecule has 1 aliphatic rings. The minimum Gasteiger partial charge on any atom is -0.482 e. The molecule has 0 unspecified atom stereocenters. The fourth-order valence-corrected chi connectivity index (χ4v) is 2.61. The minimum atomic E-state index is -1.02. The van der Waals surface area contributed by atoms with E-state index < -0.39 is 11.6 Å². The summed E-state index contributed by atoms with van der Waals surface area (Å²) in [4.78, 5) is 12.6. The number of hydrogen-bond donors (Lipinski definition) is 3. The number of piperidine rings is 1. The fraction of sp³-hybridized carbons (Fsp3) is 0.533. The lowest BCUT2D eigenvalue weighted by atomic mass is 9.93. The number of nitrogens with zero attached hydrogens (tertiary/aromatic N) is 1. The summed E-state index contributed by atoms with van der Waals surface area (Å²) in [7, 11) is 0. The van der Waals surface area contributed by atoms with E-state index in [1.807, 2.05) is 12.1 Å². The molecule has 6 heteroatoms. The number of aliphatic hydroxyl groups is 2. The van der Waals surface area contributed by atoms with Gasteiger partial charge in [-0.05, 0) is 37.1 Å². The van der Waals surface area contributed by atoms with Crippen LogP contribution in [-0.2, 0) is 11.3 Å². The normalized spacial score (nSPS) is 23.0. The topological polar surface area (TPSA) is 90.2 Å². The van der Waals surface area contributed by atoms with Gasteiger partial charge in [0.05, 0.1) is 6.61 Å². The molecule has 0 spiro atoms. The molecule has 1 saturated heterocycles. The second-order valence-electron chi connectivity index (χ2n) is 5.53. The van der Waals surface area contributed by atoms with Gasteiger partial charge in [-0.3, -0.25) is 4.90 Å². The van der Waals surface area contributed by atoms with E-state index in [1.54, 1.807) is 12.1 Å². The Bertz CT molecular complexity index is 493. The lowest BCUT2D eigenvalue weighted by Gasteiger charge is -2.38. The van der Waals surface area contributed by atoms with E-state index in [4.69, 9.17) is 9.84 Å². The first-order valence-electron chi connectivity index (χ1n) is 7.00. The molecule has 3 N–H and O–H groups in total. The van der Waals surface area contributed by atoms with Gasteiger partial charge in [-0.1, -0.05) is 12.1 Å². The van der Waals surface area contributed by atoms with Crippen LogP contribution in [0.25, 0.3) is 0 Å². The molecule has 1 heterocycles. The largest absolute Gasteiger partial charge is 0.482 e. The Hall–Kier alpha value is -1.63. The van der Waals surface area contributed by atoms with Crippen LogP contribution in [0.2, 0.25) is 0 Å². The average Bonchev–Trinajstić information content (AvgIpc) is 2.46. The fourth-order valence-electron chi connectivity index (χ4n) is 2.61. The van der Waals surface area contributed by atoms with Crippen LogP contribution >= 0.6 is 0 Å². The predicted octanol–water partition coefficient (Wildman–Crippen LogP) is 0.469. The van der Waals surface area contributed by atoms with Gasteiger partial charge in [0.15, 0.2) is 6.61 Å². The zero-order valence-corrected chi connectivity index (χ0v) is 11.9. The van der Waals surface area contributed by atoms with Crippen LogP contribution < -0.4 is 4.74 Å². The van der Waals surface area contributed by atoms with Crippen molar-refractivity contribution in [3.8, 4) is 5.75 Å². The number of carboxylic acids is 1. The maximum absolute atomic E-state index is 10.5. The number of benzene rings is 1. The molecule has 21 heavy (non-hydrogen) atoms. The van der Waals surface area contributed by atoms with Crippen molar-refractivity contribution in [1.29, 1.82) is 0 Å². The third kappa shape index (κ3) is 4.70. The van der Waals surface area contributed by atoms with E-state index in [0.29, 0.717) is 25.3 Å². The highest BCUT2D eigenvalue weighted by molar-refractivity contribution is 5.68. The van der Waals surface area contributed by atoms with E-state index in [0.717, 1.165) is 18.5 Å². The molecule has 0 bridgehead atoms. The lowest BCUT2D eigenvalue weighted by Crippen LogP contribution is -2.49. The molecule has 0 saturated carbocycles. The molecule has 1 aromatic rings. The molecule has 0 aliphatic carbocycles. The number of carboxylic acid groups (broad SMARTS) is 1. The van der Waals surface area contributed by atoms with Gasteiger partial charge in [0, 0.05) is 13.1 Å². The number of β-amino-alcohol motifs (C(OH)–C–C–N with tert-alkyl or cyclic N) is 1. The van der Waals surface area contributed by atoms with Crippen LogP contribution in [0.1, 0.15) is 18.4 Å². The molecule has 6 nitrogen and oxygen atoms in total. The van der Waals surface area contributed by atoms with Crippen molar-refractivity contribution in [3.63, 3.8) is 0 Å². The van der Waals surface area contributed by atoms with Crippen molar-refractivity contribution in [1.82, 2.24) is 4.90 Å². The second kappa shape index (κ2) is 6.89. The number of carbonyl (C=O) groups is 1. The highest BCUT2D eigenvalue weighted by atomic mass is 16.5. The van der Waals surface area contributed by atoms with Crippen LogP contribution in [0.3, 0.4) is 0 Å². The number of ether oxygens (including phenoxy) is 1. The highest BCUT2D eigenvalue weighted by Gasteiger charge is 2.32.